The van der Waals surface area contributed by atoms with E-state index in [1.54, 1.807) is 20.3 Å². The van der Waals surface area contributed by atoms with Crippen molar-refractivity contribution in [1.29, 1.82) is 0 Å². The molecule has 5 rings (SSSR count). The maximum Gasteiger partial charge on any atom is 0.254 e. The predicted molar refractivity (Wildman–Crippen MR) is 159 cm³/mol. The molecule has 7 nitrogen and oxygen atoms in total. The lowest BCUT2D eigenvalue weighted by molar-refractivity contribution is -0.289. The molecule has 0 aromatic heterocycles. The van der Waals surface area contributed by atoms with E-state index in [9.17, 15) is 9.00 Å². The van der Waals surface area contributed by atoms with E-state index in [0.29, 0.717) is 30.6 Å². The number of hydrogen-bond donors (Lipinski definition) is 0. The first-order valence-electron chi connectivity index (χ1n) is 14.6. The lowest BCUT2D eigenvalue weighted by Gasteiger charge is -2.43. The number of aryl methyl sites for hydroxylation is 1. The fraction of sp³-hybridized carbons (Fsp3) is 0.531. The minimum atomic E-state index is -1.69. The van der Waals surface area contributed by atoms with Crippen molar-refractivity contribution in [3.8, 4) is 5.75 Å². The van der Waals surface area contributed by atoms with Crippen LogP contribution < -0.4 is 9.64 Å². The van der Waals surface area contributed by atoms with Crippen molar-refractivity contribution in [2.75, 3.05) is 38.0 Å². The Morgan fingerprint density at radius 3 is 2.59 bits per heavy atom. The summed E-state index contributed by atoms with van der Waals surface area (Å²) in [6.07, 6.45) is 8.86. The number of carbonyl (C=O) groups is 1. The van der Waals surface area contributed by atoms with E-state index < -0.39 is 16.5 Å². The Morgan fingerprint density at radius 2 is 1.83 bits per heavy atom. The summed E-state index contributed by atoms with van der Waals surface area (Å²) in [6.45, 7) is 4.01. The van der Waals surface area contributed by atoms with Crippen molar-refractivity contribution in [1.82, 2.24) is 0 Å². The number of rotatable bonds is 2. The average molecular weight is 601 g/mol. The number of hydrogen-bond acceptors (Lipinski definition) is 7. The maximum absolute atomic E-state index is 13.2. The SMILES string of the molecule is CO[C@H]1/C=C/[C@H](OC)[C@H](C)C[S-](=O)=NC(=O)c2ccc3c(c2)N(Cc2ccc([ClH+])cc2CCCCO3)C[C@@H]2CC[C@H]21. The Balaban J connectivity index is 1.61. The van der Waals surface area contributed by atoms with E-state index in [0.717, 1.165) is 55.1 Å². The molecule has 0 unspecified atom stereocenters. The van der Waals surface area contributed by atoms with Crippen LogP contribution in [0.2, 0.25) is 5.02 Å². The summed E-state index contributed by atoms with van der Waals surface area (Å²) < 4.78 is 35.0. The summed E-state index contributed by atoms with van der Waals surface area (Å²) in [4.78, 5) is 15.6. The van der Waals surface area contributed by atoms with Gasteiger partial charge in [0.2, 0.25) is 5.02 Å². The number of halogens is 1. The largest absolute Gasteiger partial charge is 0.491 e. The van der Waals surface area contributed by atoms with Crippen molar-refractivity contribution in [2.45, 2.75) is 57.8 Å². The van der Waals surface area contributed by atoms with Gasteiger partial charge in [-0.3, -0.25) is 4.79 Å². The molecule has 3 aliphatic rings. The summed E-state index contributed by atoms with van der Waals surface area (Å²) in [5, 5.41) is 0.850. The van der Waals surface area contributed by atoms with Crippen molar-refractivity contribution in [2.24, 2.45) is 22.1 Å². The normalized spacial score (nSPS) is 28.6. The van der Waals surface area contributed by atoms with E-state index in [2.05, 4.69) is 27.5 Å². The van der Waals surface area contributed by atoms with Crippen LogP contribution >= 0.6 is 0 Å². The first kappa shape index (κ1) is 30.1. The van der Waals surface area contributed by atoms with Gasteiger partial charge in [-0.05, 0) is 79.2 Å². The molecule has 5 atom stereocenters. The van der Waals surface area contributed by atoms with Crippen LogP contribution in [0.3, 0.4) is 0 Å². The number of fused-ring (bicyclic) bond motifs is 3. The molecule has 0 saturated heterocycles. The van der Waals surface area contributed by atoms with Crippen molar-refractivity contribution in [3.05, 3.63) is 70.3 Å². The monoisotopic (exact) mass is 600 g/mol. The summed E-state index contributed by atoms with van der Waals surface area (Å²) in [7, 11) is 1.72. The number of methoxy groups -OCH3 is 2. The highest BCUT2D eigenvalue weighted by Crippen LogP contribution is 2.42. The Kier molecular flexibility index (Phi) is 10.1. The third kappa shape index (κ3) is 7.16. The molecule has 0 spiro atoms. The molecule has 2 heterocycles. The molecule has 9 heteroatoms. The standard InChI is InChI=1S/C32H41ClN2O5S/c1-21-20-41(37)34-32(36)23-9-12-31-28(17-23)35(18-24-7-10-26(33)16-22(24)6-4-5-15-40-31)19-25-8-11-27(25)30(39-3)14-13-29(21)38-2/h7,9-10,12-14,16-17,21,25,27,29-30,33H,4-6,8,11,15,18-20H2,1-3H3/b14-13+/t21-,25+,27-,29+,30+/m1/s1. The minimum absolute atomic E-state index is 0.0516. The smallest absolute Gasteiger partial charge is 0.254 e. The second-order valence-corrected chi connectivity index (χ2v) is 13.1. The topological polar surface area (TPSA) is 77.4 Å². The van der Waals surface area contributed by atoms with Gasteiger partial charge >= 0.3 is 0 Å². The molecule has 2 aliphatic heterocycles. The molecular formula is C32H41ClN2O5S. The van der Waals surface area contributed by atoms with Crippen LogP contribution in [0.1, 0.15) is 54.1 Å². The van der Waals surface area contributed by atoms with Gasteiger partial charge in [0.25, 0.3) is 5.91 Å². The molecule has 1 saturated carbocycles. The van der Waals surface area contributed by atoms with Gasteiger partial charge in [0, 0.05) is 45.0 Å². The Bertz CT molecular complexity index is 1360. The van der Waals surface area contributed by atoms with E-state index in [1.807, 2.05) is 31.2 Å². The van der Waals surface area contributed by atoms with Crippen LogP contribution in [0.15, 0.2) is 52.9 Å². The van der Waals surface area contributed by atoms with Gasteiger partial charge in [0.05, 0.1) is 24.5 Å². The highest BCUT2D eigenvalue weighted by molar-refractivity contribution is 7.75. The van der Waals surface area contributed by atoms with Crippen LogP contribution in [0.5, 0.6) is 5.75 Å². The highest BCUT2D eigenvalue weighted by Gasteiger charge is 2.38. The number of carbonyl (C=O) groups excluding carboxylic acids is 1. The highest BCUT2D eigenvalue weighted by atomic mass is 35.5. The lowest BCUT2D eigenvalue weighted by Crippen LogP contribution is -2.43. The van der Waals surface area contributed by atoms with Gasteiger partial charge in [-0.2, -0.15) is 10.6 Å². The molecule has 1 fully saturated rings. The summed E-state index contributed by atoms with van der Waals surface area (Å²) in [5.41, 5.74) is 3.78. The zero-order valence-corrected chi connectivity index (χ0v) is 25.8. The van der Waals surface area contributed by atoms with Gasteiger partial charge in [-0.1, -0.05) is 30.9 Å². The molecule has 222 valence electrons. The molecule has 0 N–H and O–H groups in total. The zero-order valence-electron chi connectivity index (χ0n) is 24.1. The number of ether oxygens (including phenoxy) is 3. The van der Waals surface area contributed by atoms with Gasteiger partial charge < -0.3 is 27.7 Å². The first-order valence-corrected chi connectivity index (χ1v) is 16.2. The van der Waals surface area contributed by atoms with Crippen LogP contribution in [0.25, 0.3) is 0 Å². The Hall–Kier alpha value is -2.39. The summed E-state index contributed by atoms with van der Waals surface area (Å²) in [5.74, 6) is 1.14. The lowest BCUT2D eigenvalue weighted by atomic mass is 9.70. The Labute approximate surface area is 250 Å². The fourth-order valence-corrected chi connectivity index (χ4v) is 7.43. The van der Waals surface area contributed by atoms with Crippen LogP contribution in [-0.4, -0.2) is 51.2 Å². The molecule has 2 bridgehead atoms. The predicted octanol–water partition coefficient (Wildman–Crippen LogP) is 5.65. The van der Waals surface area contributed by atoms with Crippen LogP contribution in [0.4, 0.5) is 5.69 Å². The van der Waals surface area contributed by atoms with Gasteiger partial charge in [-0.15, -0.1) is 0 Å². The van der Waals surface area contributed by atoms with Gasteiger partial charge in [-0.25, -0.2) is 0 Å². The molecule has 1 aliphatic carbocycles. The van der Waals surface area contributed by atoms with E-state index in [1.165, 1.54) is 11.1 Å². The second kappa shape index (κ2) is 13.7. The van der Waals surface area contributed by atoms with Crippen LogP contribution in [0, 0.1) is 29.4 Å². The van der Waals surface area contributed by atoms with Gasteiger partial charge in [0.15, 0.2) is 11.6 Å². The summed E-state index contributed by atoms with van der Waals surface area (Å²) in [6, 6.07) is 11.7. The van der Waals surface area contributed by atoms with Crippen LogP contribution in [-0.2, 0) is 37.2 Å². The molecule has 2 aromatic carbocycles. The maximum atomic E-state index is 13.2. The Morgan fingerprint density at radius 1 is 1.02 bits per heavy atom. The number of benzene rings is 2. The summed E-state index contributed by atoms with van der Waals surface area (Å²) >= 11 is 5.51. The average Bonchev–Trinajstić information content (AvgIpc) is 2.97. The third-order valence-electron chi connectivity index (χ3n) is 8.72. The van der Waals surface area contributed by atoms with E-state index in [-0.39, 0.29) is 23.9 Å². The fourth-order valence-electron chi connectivity index (χ4n) is 6.22. The van der Waals surface area contributed by atoms with E-state index >= 15 is 0 Å². The zero-order chi connectivity index (χ0) is 28.9. The molecular weight excluding hydrogens is 560 g/mol. The number of amides is 1. The van der Waals surface area contributed by atoms with Crippen molar-refractivity contribution < 1.29 is 34.8 Å². The van der Waals surface area contributed by atoms with E-state index in [4.69, 9.17) is 25.8 Å². The molecule has 1 amide bonds. The number of nitrogens with zero attached hydrogens (tertiary/aromatic N) is 2. The quantitative estimate of drug-likeness (QED) is 0.327. The van der Waals surface area contributed by atoms with Crippen molar-refractivity contribution in [3.63, 3.8) is 0 Å². The molecule has 0 radical (unpaired) electrons. The third-order valence-corrected chi connectivity index (χ3v) is 10.2. The second-order valence-electron chi connectivity index (χ2n) is 11.4. The minimum Gasteiger partial charge on any atom is -0.491 e. The number of anilines is 1. The molecule has 41 heavy (non-hydrogen) atoms. The van der Waals surface area contributed by atoms with Crippen molar-refractivity contribution >= 4 is 22.2 Å². The molecule has 2 aromatic rings. The van der Waals surface area contributed by atoms with Gasteiger partial charge in [0.1, 0.15) is 5.75 Å². The first-order chi connectivity index (χ1) is 19.9.